The van der Waals surface area contributed by atoms with E-state index < -0.39 is 5.97 Å². The average Bonchev–Trinajstić information content (AvgIpc) is 3.03. The first-order valence-corrected chi connectivity index (χ1v) is 9.63. The third-order valence-electron chi connectivity index (χ3n) is 3.87. The van der Waals surface area contributed by atoms with E-state index >= 15 is 0 Å². The van der Waals surface area contributed by atoms with Crippen molar-refractivity contribution in [3.63, 3.8) is 0 Å². The molecule has 27 heavy (non-hydrogen) atoms. The van der Waals surface area contributed by atoms with E-state index in [1.54, 1.807) is 6.08 Å². The maximum atomic E-state index is 12.1. The van der Waals surface area contributed by atoms with Crippen LogP contribution in [-0.4, -0.2) is 18.5 Å². The van der Waals surface area contributed by atoms with Crippen LogP contribution in [0, 0.1) is 0 Å². The van der Waals surface area contributed by atoms with E-state index in [1.165, 1.54) is 0 Å². The smallest absolute Gasteiger partial charge is 0.363 e. The number of nitrogens with zero attached hydrogens (tertiary/aromatic N) is 1. The van der Waals surface area contributed by atoms with Crippen LogP contribution in [0.3, 0.4) is 0 Å². The van der Waals surface area contributed by atoms with E-state index in [2.05, 4.69) is 27.8 Å². The Labute approximate surface area is 167 Å². The van der Waals surface area contributed by atoms with Crippen molar-refractivity contribution in [1.29, 1.82) is 0 Å². The topological polar surface area (TPSA) is 47.9 Å². The lowest BCUT2D eigenvalue weighted by atomic mass is 10.2. The van der Waals surface area contributed by atoms with Gasteiger partial charge in [-0.25, -0.2) is 9.79 Å². The first-order chi connectivity index (χ1) is 13.2. The Morgan fingerprint density at radius 2 is 1.89 bits per heavy atom. The number of allylic oxidation sites excluding steroid dienone is 2. The molecular formula is C22H20BrNO3. The van der Waals surface area contributed by atoms with Crippen LogP contribution in [0.5, 0.6) is 5.75 Å². The summed E-state index contributed by atoms with van der Waals surface area (Å²) in [5.41, 5.74) is 2.01. The SMILES string of the molecule is CCCCOc1ccc(C2=N/C(=C\C(Br)=C\c3ccccc3)C(=O)O2)cc1. The zero-order chi connectivity index (χ0) is 19.1. The number of carbonyl (C=O) groups is 1. The lowest BCUT2D eigenvalue weighted by Crippen LogP contribution is -2.05. The number of ether oxygens (including phenoxy) is 2. The monoisotopic (exact) mass is 425 g/mol. The zero-order valence-corrected chi connectivity index (χ0v) is 16.6. The van der Waals surface area contributed by atoms with Gasteiger partial charge in [0.2, 0.25) is 5.90 Å². The second kappa shape index (κ2) is 9.33. The molecule has 1 heterocycles. The van der Waals surface area contributed by atoms with Gasteiger partial charge < -0.3 is 9.47 Å². The van der Waals surface area contributed by atoms with Gasteiger partial charge in [-0.1, -0.05) is 59.6 Å². The van der Waals surface area contributed by atoms with E-state index in [1.807, 2.05) is 60.7 Å². The van der Waals surface area contributed by atoms with Crippen LogP contribution in [0.2, 0.25) is 0 Å². The molecule has 0 spiro atoms. The largest absolute Gasteiger partial charge is 0.494 e. The fourth-order valence-corrected chi connectivity index (χ4v) is 2.92. The molecule has 3 rings (SSSR count). The molecule has 0 aromatic heterocycles. The fraction of sp³-hybridized carbons (Fsp3) is 0.182. The van der Waals surface area contributed by atoms with Gasteiger partial charge in [0.25, 0.3) is 0 Å². The van der Waals surface area contributed by atoms with Crippen LogP contribution in [-0.2, 0) is 9.53 Å². The number of hydrogen-bond donors (Lipinski definition) is 0. The summed E-state index contributed by atoms with van der Waals surface area (Å²) in [5.74, 6) is 0.625. The van der Waals surface area contributed by atoms with E-state index in [0.717, 1.165) is 34.2 Å². The highest BCUT2D eigenvalue weighted by atomic mass is 79.9. The summed E-state index contributed by atoms with van der Waals surface area (Å²) in [4.78, 5) is 16.4. The Morgan fingerprint density at radius 3 is 2.59 bits per heavy atom. The minimum absolute atomic E-state index is 0.257. The van der Waals surface area contributed by atoms with Crippen LogP contribution in [0.15, 0.2) is 75.8 Å². The molecule has 0 atom stereocenters. The highest BCUT2D eigenvalue weighted by Gasteiger charge is 2.24. The van der Waals surface area contributed by atoms with E-state index in [-0.39, 0.29) is 5.70 Å². The molecular weight excluding hydrogens is 406 g/mol. The number of aliphatic imine (C=N–C) groups is 1. The van der Waals surface area contributed by atoms with Gasteiger partial charge in [-0.15, -0.1) is 0 Å². The van der Waals surface area contributed by atoms with Crippen molar-refractivity contribution < 1.29 is 14.3 Å². The third kappa shape index (κ3) is 5.41. The fourth-order valence-electron chi connectivity index (χ4n) is 2.44. The Bertz CT molecular complexity index is 884. The molecule has 2 aromatic carbocycles. The van der Waals surface area contributed by atoms with Crippen molar-refractivity contribution in [2.45, 2.75) is 19.8 Å². The van der Waals surface area contributed by atoms with Crippen molar-refractivity contribution in [1.82, 2.24) is 0 Å². The number of halogens is 1. The molecule has 0 radical (unpaired) electrons. The normalized spacial score (nSPS) is 15.6. The average molecular weight is 426 g/mol. The highest BCUT2D eigenvalue weighted by molar-refractivity contribution is 9.12. The maximum absolute atomic E-state index is 12.1. The first kappa shape index (κ1) is 19.1. The second-order valence-electron chi connectivity index (χ2n) is 6.00. The van der Waals surface area contributed by atoms with Gasteiger partial charge in [-0.2, -0.15) is 0 Å². The van der Waals surface area contributed by atoms with Crippen molar-refractivity contribution in [2.24, 2.45) is 4.99 Å². The van der Waals surface area contributed by atoms with Crippen LogP contribution in [0.4, 0.5) is 0 Å². The van der Waals surface area contributed by atoms with Gasteiger partial charge >= 0.3 is 5.97 Å². The molecule has 1 aliphatic rings. The van der Waals surface area contributed by atoms with Gasteiger partial charge in [-0.3, -0.25) is 0 Å². The molecule has 0 aliphatic carbocycles. The molecule has 0 saturated heterocycles. The van der Waals surface area contributed by atoms with Crippen LogP contribution < -0.4 is 4.74 Å². The van der Waals surface area contributed by atoms with Crippen molar-refractivity contribution in [2.75, 3.05) is 6.61 Å². The molecule has 4 nitrogen and oxygen atoms in total. The van der Waals surface area contributed by atoms with E-state index in [0.29, 0.717) is 12.5 Å². The molecule has 0 N–H and O–H groups in total. The number of carbonyl (C=O) groups excluding carboxylic acids is 1. The summed E-state index contributed by atoms with van der Waals surface area (Å²) in [6.45, 7) is 2.82. The van der Waals surface area contributed by atoms with Crippen molar-refractivity contribution in [3.8, 4) is 5.75 Å². The molecule has 5 heteroatoms. The van der Waals surface area contributed by atoms with Gasteiger partial charge in [0, 0.05) is 10.0 Å². The van der Waals surface area contributed by atoms with Gasteiger partial charge in [-0.05, 0) is 48.4 Å². The molecule has 0 fully saturated rings. The van der Waals surface area contributed by atoms with E-state index in [4.69, 9.17) is 9.47 Å². The maximum Gasteiger partial charge on any atom is 0.363 e. The predicted octanol–water partition coefficient (Wildman–Crippen LogP) is 5.49. The Kier molecular flexibility index (Phi) is 6.60. The minimum Gasteiger partial charge on any atom is -0.494 e. The molecule has 2 aromatic rings. The van der Waals surface area contributed by atoms with Gasteiger partial charge in [0.1, 0.15) is 5.75 Å². The Balaban J connectivity index is 1.73. The van der Waals surface area contributed by atoms with Crippen LogP contribution in [0.1, 0.15) is 30.9 Å². The number of esters is 1. The third-order valence-corrected chi connectivity index (χ3v) is 4.32. The number of hydrogen-bond acceptors (Lipinski definition) is 4. The molecule has 138 valence electrons. The molecule has 1 aliphatic heterocycles. The van der Waals surface area contributed by atoms with Crippen molar-refractivity contribution in [3.05, 3.63) is 82.0 Å². The molecule has 0 amide bonds. The summed E-state index contributed by atoms with van der Waals surface area (Å²) in [5, 5.41) is 0. The molecule has 0 bridgehead atoms. The minimum atomic E-state index is -0.466. The standard InChI is InChI=1S/C22H20BrNO3/c1-2-3-13-26-19-11-9-17(10-12-19)21-24-20(22(25)27-21)15-18(23)14-16-7-5-4-6-8-16/h4-12,14-15H,2-3,13H2,1H3/b18-14-,20-15-. The number of cyclic esters (lactones) is 1. The Hall–Kier alpha value is -2.66. The first-order valence-electron chi connectivity index (χ1n) is 8.84. The number of benzene rings is 2. The van der Waals surface area contributed by atoms with Gasteiger partial charge in [0.15, 0.2) is 5.70 Å². The van der Waals surface area contributed by atoms with Gasteiger partial charge in [0.05, 0.1) is 6.61 Å². The van der Waals surface area contributed by atoms with Crippen LogP contribution >= 0.6 is 15.9 Å². The lowest BCUT2D eigenvalue weighted by molar-refractivity contribution is -0.130. The summed E-state index contributed by atoms with van der Waals surface area (Å²) in [6, 6.07) is 17.2. The lowest BCUT2D eigenvalue weighted by Gasteiger charge is -2.05. The summed E-state index contributed by atoms with van der Waals surface area (Å²) < 4.78 is 11.7. The second-order valence-corrected chi connectivity index (χ2v) is 6.92. The predicted molar refractivity (Wildman–Crippen MR) is 111 cm³/mol. The summed E-state index contributed by atoms with van der Waals surface area (Å²) >= 11 is 3.46. The van der Waals surface area contributed by atoms with E-state index in [9.17, 15) is 4.79 Å². The number of rotatable bonds is 7. The number of unbranched alkanes of at least 4 members (excludes halogenated alkanes) is 1. The Morgan fingerprint density at radius 1 is 1.15 bits per heavy atom. The van der Waals surface area contributed by atoms with Crippen molar-refractivity contribution >= 4 is 33.9 Å². The zero-order valence-electron chi connectivity index (χ0n) is 15.0. The molecule has 0 saturated carbocycles. The summed E-state index contributed by atoms with van der Waals surface area (Å²) in [6.07, 6.45) is 5.68. The summed E-state index contributed by atoms with van der Waals surface area (Å²) in [7, 11) is 0. The van der Waals surface area contributed by atoms with Crippen LogP contribution in [0.25, 0.3) is 6.08 Å². The highest BCUT2D eigenvalue weighted by Crippen LogP contribution is 2.22. The quantitative estimate of drug-likeness (QED) is 0.334. The molecule has 0 unspecified atom stereocenters.